The molecule has 0 atom stereocenters. The maximum Gasteiger partial charge on any atom is 0.234 e. The van der Waals surface area contributed by atoms with Crippen LogP contribution < -0.4 is 11.1 Å². The number of fused-ring (bicyclic) bond motifs is 1. The maximum absolute atomic E-state index is 11.8. The van der Waals surface area contributed by atoms with Crippen molar-refractivity contribution in [2.75, 3.05) is 5.32 Å². The van der Waals surface area contributed by atoms with E-state index in [2.05, 4.69) is 10.3 Å². The van der Waals surface area contributed by atoms with Crippen LogP contribution in [0.15, 0.2) is 12.3 Å². The molecule has 84 valence electrons. The molecule has 1 fully saturated rings. The third-order valence-corrected chi connectivity index (χ3v) is 3.69. The van der Waals surface area contributed by atoms with Gasteiger partial charge in [-0.3, -0.25) is 9.78 Å². The average molecular weight is 217 g/mol. The fourth-order valence-electron chi connectivity index (χ4n) is 2.12. The molecule has 0 saturated heterocycles. The van der Waals surface area contributed by atoms with Gasteiger partial charge in [-0.05, 0) is 32.8 Å². The van der Waals surface area contributed by atoms with E-state index in [1.165, 1.54) is 0 Å². The first-order valence-electron chi connectivity index (χ1n) is 5.55. The van der Waals surface area contributed by atoms with Gasteiger partial charge < -0.3 is 11.1 Å². The number of aromatic nitrogens is 1. The first-order valence-corrected chi connectivity index (χ1v) is 5.55. The van der Waals surface area contributed by atoms with Gasteiger partial charge in [-0.2, -0.15) is 0 Å². The fourth-order valence-corrected chi connectivity index (χ4v) is 2.12. The van der Waals surface area contributed by atoms with E-state index in [1.807, 2.05) is 19.9 Å². The van der Waals surface area contributed by atoms with Crippen molar-refractivity contribution in [1.82, 2.24) is 4.98 Å². The minimum atomic E-state index is -0.480. The predicted octanol–water partition coefficient (Wildman–Crippen LogP) is 1.26. The zero-order chi connectivity index (χ0) is 11.6. The molecule has 1 aliphatic heterocycles. The van der Waals surface area contributed by atoms with Crippen LogP contribution in [0.25, 0.3) is 0 Å². The summed E-state index contributed by atoms with van der Waals surface area (Å²) in [5.41, 5.74) is 8.09. The summed E-state index contributed by atoms with van der Waals surface area (Å²) in [5.74, 6) is 0.0309. The summed E-state index contributed by atoms with van der Waals surface area (Å²) in [4.78, 5) is 16.2. The van der Waals surface area contributed by atoms with Gasteiger partial charge in [0.2, 0.25) is 5.91 Å². The van der Waals surface area contributed by atoms with Gasteiger partial charge in [-0.1, -0.05) is 0 Å². The summed E-state index contributed by atoms with van der Waals surface area (Å²) in [6.45, 7) is 3.82. The average Bonchev–Trinajstić information content (AvgIpc) is 2.92. The molecule has 0 aromatic carbocycles. The van der Waals surface area contributed by atoms with Gasteiger partial charge in [-0.15, -0.1) is 0 Å². The van der Waals surface area contributed by atoms with Crippen LogP contribution in [0.3, 0.4) is 0 Å². The van der Waals surface area contributed by atoms with E-state index < -0.39 is 5.41 Å². The van der Waals surface area contributed by atoms with Gasteiger partial charge in [-0.25, -0.2) is 0 Å². The molecule has 3 rings (SSSR count). The molecule has 0 bridgehead atoms. The minimum Gasteiger partial charge on any atom is -0.325 e. The van der Waals surface area contributed by atoms with Gasteiger partial charge in [0, 0.05) is 17.4 Å². The van der Waals surface area contributed by atoms with E-state index in [0.29, 0.717) is 0 Å². The highest BCUT2D eigenvalue weighted by atomic mass is 16.2. The standard InChI is InChI=1S/C12H15N3O/c1-11(2)7-6-14-9(12(13)3-4-12)5-8(7)15-10(11)16/h5-6H,3-4,13H2,1-2H3,(H,15,16). The third-order valence-electron chi connectivity index (χ3n) is 3.69. The Kier molecular flexibility index (Phi) is 1.61. The SMILES string of the molecule is CC1(C)C(=O)Nc2cc(C3(N)CC3)ncc21. The Morgan fingerprint density at radius 3 is 2.75 bits per heavy atom. The summed E-state index contributed by atoms with van der Waals surface area (Å²) >= 11 is 0. The van der Waals surface area contributed by atoms with Crippen molar-refractivity contribution in [3.8, 4) is 0 Å². The molecule has 4 nitrogen and oxygen atoms in total. The number of rotatable bonds is 1. The van der Waals surface area contributed by atoms with Crippen LogP contribution >= 0.6 is 0 Å². The molecule has 0 unspecified atom stereocenters. The Morgan fingerprint density at radius 2 is 2.12 bits per heavy atom. The highest BCUT2D eigenvalue weighted by molar-refractivity contribution is 6.05. The van der Waals surface area contributed by atoms with E-state index >= 15 is 0 Å². The summed E-state index contributed by atoms with van der Waals surface area (Å²) in [7, 11) is 0. The lowest BCUT2D eigenvalue weighted by Gasteiger charge is -2.15. The van der Waals surface area contributed by atoms with E-state index in [1.54, 1.807) is 6.20 Å². The highest BCUT2D eigenvalue weighted by Gasteiger charge is 2.44. The second-order valence-electron chi connectivity index (χ2n) is 5.35. The Balaban J connectivity index is 2.09. The van der Waals surface area contributed by atoms with Gasteiger partial charge >= 0.3 is 0 Å². The smallest absolute Gasteiger partial charge is 0.234 e. The summed E-state index contributed by atoms with van der Waals surface area (Å²) in [5, 5.41) is 2.89. The lowest BCUT2D eigenvalue weighted by Crippen LogP contribution is -2.27. The van der Waals surface area contributed by atoms with Crippen LogP contribution in [0.4, 0.5) is 5.69 Å². The number of carbonyl (C=O) groups is 1. The number of hydrogen-bond donors (Lipinski definition) is 2. The Labute approximate surface area is 94.2 Å². The van der Waals surface area contributed by atoms with Crippen molar-refractivity contribution >= 4 is 11.6 Å². The number of pyridine rings is 1. The van der Waals surface area contributed by atoms with Crippen LogP contribution in [0, 0.1) is 0 Å². The van der Waals surface area contributed by atoms with Crippen molar-refractivity contribution in [3.63, 3.8) is 0 Å². The molecule has 1 aromatic heterocycles. The Morgan fingerprint density at radius 1 is 1.44 bits per heavy atom. The van der Waals surface area contributed by atoms with Crippen molar-refractivity contribution in [3.05, 3.63) is 23.5 Å². The highest BCUT2D eigenvalue weighted by Crippen LogP contribution is 2.44. The number of nitrogens with zero attached hydrogens (tertiary/aromatic N) is 1. The zero-order valence-electron chi connectivity index (χ0n) is 9.50. The zero-order valence-corrected chi connectivity index (χ0v) is 9.50. The number of anilines is 1. The Hall–Kier alpha value is -1.42. The summed E-state index contributed by atoms with van der Waals surface area (Å²) in [6, 6.07) is 1.93. The third kappa shape index (κ3) is 1.13. The van der Waals surface area contributed by atoms with E-state index in [4.69, 9.17) is 5.73 Å². The van der Waals surface area contributed by atoms with Gasteiger partial charge in [0.15, 0.2) is 0 Å². The van der Waals surface area contributed by atoms with Gasteiger partial charge in [0.25, 0.3) is 0 Å². The van der Waals surface area contributed by atoms with Gasteiger partial charge in [0.1, 0.15) is 0 Å². The van der Waals surface area contributed by atoms with Crippen LogP contribution in [0.5, 0.6) is 0 Å². The van der Waals surface area contributed by atoms with Crippen LogP contribution in [0.2, 0.25) is 0 Å². The minimum absolute atomic E-state index is 0.0309. The van der Waals surface area contributed by atoms with E-state index in [0.717, 1.165) is 29.8 Å². The molecular formula is C12H15N3O. The van der Waals surface area contributed by atoms with Crippen LogP contribution in [0.1, 0.15) is 37.9 Å². The van der Waals surface area contributed by atoms with Crippen molar-refractivity contribution in [2.24, 2.45) is 5.73 Å². The number of nitrogens with one attached hydrogen (secondary N) is 1. The van der Waals surface area contributed by atoms with E-state index in [9.17, 15) is 4.79 Å². The second-order valence-corrected chi connectivity index (χ2v) is 5.35. The van der Waals surface area contributed by atoms with Crippen LogP contribution in [-0.4, -0.2) is 10.9 Å². The van der Waals surface area contributed by atoms with Crippen LogP contribution in [-0.2, 0) is 15.7 Å². The molecule has 1 saturated carbocycles. The molecule has 1 amide bonds. The molecule has 0 radical (unpaired) electrons. The molecule has 2 heterocycles. The predicted molar refractivity (Wildman–Crippen MR) is 61.0 cm³/mol. The second kappa shape index (κ2) is 2.63. The maximum atomic E-state index is 11.8. The van der Waals surface area contributed by atoms with Crippen molar-refractivity contribution < 1.29 is 4.79 Å². The number of hydrogen-bond acceptors (Lipinski definition) is 3. The molecule has 2 aliphatic rings. The van der Waals surface area contributed by atoms with Crippen molar-refractivity contribution in [1.29, 1.82) is 0 Å². The van der Waals surface area contributed by atoms with E-state index in [-0.39, 0.29) is 11.4 Å². The molecule has 4 heteroatoms. The number of nitrogens with two attached hydrogens (primary N) is 1. The first kappa shape index (κ1) is 9.78. The summed E-state index contributed by atoms with van der Waals surface area (Å²) < 4.78 is 0. The first-order chi connectivity index (χ1) is 7.43. The molecule has 1 aromatic rings. The topological polar surface area (TPSA) is 68.0 Å². The molecular weight excluding hydrogens is 202 g/mol. The molecule has 0 spiro atoms. The lowest BCUT2D eigenvalue weighted by molar-refractivity contribution is -0.119. The molecule has 16 heavy (non-hydrogen) atoms. The number of amides is 1. The monoisotopic (exact) mass is 217 g/mol. The quantitative estimate of drug-likeness (QED) is 0.744. The van der Waals surface area contributed by atoms with Crippen molar-refractivity contribution in [2.45, 2.75) is 37.6 Å². The molecule has 3 N–H and O–H groups in total. The number of carbonyl (C=O) groups excluding carboxylic acids is 1. The van der Waals surface area contributed by atoms with Gasteiger partial charge in [0.05, 0.1) is 16.6 Å². The Bertz CT molecular complexity index is 489. The normalized spacial score (nSPS) is 23.8. The lowest BCUT2D eigenvalue weighted by atomic mass is 9.87. The fraction of sp³-hybridized carbons (Fsp3) is 0.500. The summed E-state index contributed by atoms with van der Waals surface area (Å²) in [6.07, 6.45) is 3.75. The largest absolute Gasteiger partial charge is 0.325 e. The molecule has 1 aliphatic carbocycles.